The van der Waals surface area contributed by atoms with Gasteiger partial charge in [-0.2, -0.15) is 0 Å². The Labute approximate surface area is 171 Å². The maximum atomic E-state index is 12.8. The second-order valence-corrected chi connectivity index (χ2v) is 6.50. The summed E-state index contributed by atoms with van der Waals surface area (Å²) in [5.74, 6) is 1.21. The van der Waals surface area contributed by atoms with Crippen molar-refractivity contribution < 1.29 is 9.66 Å². The molecule has 0 aliphatic rings. The molecule has 1 aromatic heterocycles. The zero-order valence-electron chi connectivity index (χ0n) is 16.1. The Hall–Kier alpha value is -4.20. The summed E-state index contributed by atoms with van der Waals surface area (Å²) >= 11 is 0. The van der Waals surface area contributed by atoms with Crippen LogP contribution in [0, 0.1) is 10.1 Å². The lowest BCUT2D eigenvalue weighted by molar-refractivity contribution is -0.384. The van der Waals surface area contributed by atoms with Gasteiger partial charge in [-0.1, -0.05) is 18.2 Å². The number of anilines is 2. The molecule has 0 radical (unpaired) electrons. The summed E-state index contributed by atoms with van der Waals surface area (Å²) in [4.78, 5) is 27.6. The number of aromatic nitrogens is 2. The first-order valence-corrected chi connectivity index (χ1v) is 9.34. The van der Waals surface area contributed by atoms with Gasteiger partial charge in [0.1, 0.15) is 11.5 Å². The molecule has 3 aromatic carbocycles. The molecule has 0 bridgehead atoms. The van der Waals surface area contributed by atoms with Crippen LogP contribution in [0.1, 0.15) is 6.92 Å². The Kier molecular flexibility index (Phi) is 5.13. The average molecular weight is 402 g/mol. The van der Waals surface area contributed by atoms with Gasteiger partial charge in [0.15, 0.2) is 5.82 Å². The molecule has 30 heavy (non-hydrogen) atoms. The lowest BCUT2D eigenvalue weighted by atomic mass is 10.2. The van der Waals surface area contributed by atoms with Crippen LogP contribution in [0.5, 0.6) is 11.5 Å². The lowest BCUT2D eigenvalue weighted by Crippen LogP contribution is -2.23. The summed E-state index contributed by atoms with van der Waals surface area (Å²) in [6.07, 6.45) is 0. The Morgan fingerprint density at radius 1 is 1.03 bits per heavy atom. The first-order valence-electron chi connectivity index (χ1n) is 9.34. The van der Waals surface area contributed by atoms with Crippen molar-refractivity contribution in [3.8, 4) is 11.5 Å². The van der Waals surface area contributed by atoms with E-state index in [0.29, 0.717) is 23.7 Å². The van der Waals surface area contributed by atoms with Crippen molar-refractivity contribution >= 4 is 28.2 Å². The van der Waals surface area contributed by atoms with Crippen LogP contribution in [0.15, 0.2) is 77.6 Å². The molecule has 8 heteroatoms. The molecule has 0 atom stereocenters. The maximum absolute atomic E-state index is 12.8. The van der Waals surface area contributed by atoms with E-state index >= 15 is 0 Å². The summed E-state index contributed by atoms with van der Waals surface area (Å²) in [5, 5.41) is 13.8. The number of fused-ring (bicyclic) bond motifs is 1. The van der Waals surface area contributed by atoms with Crippen LogP contribution in [-0.4, -0.2) is 14.5 Å². The number of aryl methyl sites for hydroxylation is 1. The maximum Gasteiger partial charge on any atom is 0.294 e. The number of hydrogen-bond acceptors (Lipinski definition) is 6. The minimum atomic E-state index is -0.464. The number of non-ortho nitro benzene ring substituents is 1. The van der Waals surface area contributed by atoms with Gasteiger partial charge >= 0.3 is 0 Å². The Balaban J connectivity index is 1.61. The van der Waals surface area contributed by atoms with Crippen LogP contribution in [0.25, 0.3) is 11.0 Å². The minimum Gasteiger partial charge on any atom is -0.457 e. The van der Waals surface area contributed by atoms with Crippen LogP contribution in [0.4, 0.5) is 17.2 Å². The fourth-order valence-corrected chi connectivity index (χ4v) is 3.13. The number of nitro benzene ring substituents is 1. The minimum absolute atomic E-state index is 0.00708. The molecule has 0 spiro atoms. The van der Waals surface area contributed by atoms with Crippen molar-refractivity contribution in [1.82, 2.24) is 9.55 Å². The first kappa shape index (κ1) is 19.1. The van der Waals surface area contributed by atoms with E-state index in [4.69, 9.17) is 4.74 Å². The molecule has 4 aromatic rings. The van der Waals surface area contributed by atoms with Gasteiger partial charge in [0.2, 0.25) is 0 Å². The van der Waals surface area contributed by atoms with Gasteiger partial charge in [-0.15, -0.1) is 0 Å². The zero-order valence-corrected chi connectivity index (χ0v) is 16.1. The Morgan fingerprint density at radius 2 is 1.80 bits per heavy atom. The van der Waals surface area contributed by atoms with Gasteiger partial charge in [0.05, 0.1) is 16.0 Å². The topological polar surface area (TPSA) is 99.3 Å². The van der Waals surface area contributed by atoms with E-state index < -0.39 is 4.92 Å². The normalized spacial score (nSPS) is 10.7. The molecule has 150 valence electrons. The number of para-hydroxylation sites is 2. The van der Waals surface area contributed by atoms with Gasteiger partial charge in [-0.3, -0.25) is 14.9 Å². The van der Waals surface area contributed by atoms with Gasteiger partial charge in [-0.05, 0) is 43.3 Å². The molecular weight excluding hydrogens is 384 g/mol. The number of nitrogens with one attached hydrogen (secondary N) is 1. The number of nitro groups is 1. The van der Waals surface area contributed by atoms with E-state index in [2.05, 4.69) is 10.3 Å². The number of nitrogens with zero attached hydrogens (tertiary/aromatic N) is 3. The van der Waals surface area contributed by atoms with Crippen LogP contribution in [-0.2, 0) is 6.54 Å². The summed E-state index contributed by atoms with van der Waals surface area (Å²) < 4.78 is 7.44. The molecule has 0 aliphatic heterocycles. The summed E-state index contributed by atoms with van der Waals surface area (Å²) in [6, 6.07) is 20.4. The third-order valence-electron chi connectivity index (χ3n) is 4.55. The van der Waals surface area contributed by atoms with Crippen molar-refractivity contribution in [1.29, 1.82) is 0 Å². The smallest absolute Gasteiger partial charge is 0.294 e. The second-order valence-electron chi connectivity index (χ2n) is 6.50. The van der Waals surface area contributed by atoms with E-state index in [0.717, 1.165) is 11.0 Å². The van der Waals surface area contributed by atoms with Crippen LogP contribution in [0.2, 0.25) is 0 Å². The number of hydrogen-bond donors (Lipinski definition) is 1. The van der Waals surface area contributed by atoms with E-state index in [9.17, 15) is 14.9 Å². The molecule has 0 saturated heterocycles. The van der Waals surface area contributed by atoms with Gasteiger partial charge in [0.25, 0.3) is 11.2 Å². The van der Waals surface area contributed by atoms with Gasteiger partial charge < -0.3 is 14.6 Å². The monoisotopic (exact) mass is 402 g/mol. The van der Waals surface area contributed by atoms with E-state index in [-0.39, 0.29) is 17.1 Å². The third-order valence-corrected chi connectivity index (χ3v) is 4.55. The van der Waals surface area contributed by atoms with Crippen LogP contribution in [0.3, 0.4) is 0 Å². The molecule has 1 N–H and O–H groups in total. The fraction of sp³-hybridized carbons (Fsp3) is 0.0909. The number of rotatable bonds is 6. The Morgan fingerprint density at radius 3 is 2.53 bits per heavy atom. The number of benzene rings is 3. The quantitative estimate of drug-likeness (QED) is 0.365. The fourth-order valence-electron chi connectivity index (χ4n) is 3.13. The molecule has 0 aliphatic carbocycles. The van der Waals surface area contributed by atoms with Gasteiger partial charge in [-0.25, -0.2) is 4.98 Å². The van der Waals surface area contributed by atoms with Crippen molar-refractivity contribution in [2.45, 2.75) is 13.5 Å². The molecular formula is C22H18N4O4. The highest BCUT2D eigenvalue weighted by atomic mass is 16.6. The lowest BCUT2D eigenvalue weighted by Gasteiger charge is -2.12. The molecule has 4 rings (SSSR count). The summed E-state index contributed by atoms with van der Waals surface area (Å²) in [7, 11) is 0. The highest BCUT2D eigenvalue weighted by Crippen LogP contribution is 2.27. The predicted molar refractivity (Wildman–Crippen MR) is 115 cm³/mol. The number of ether oxygens (including phenoxy) is 1. The van der Waals surface area contributed by atoms with Crippen LogP contribution >= 0.6 is 0 Å². The molecule has 0 amide bonds. The summed E-state index contributed by atoms with van der Waals surface area (Å²) in [6.45, 7) is 2.44. The van der Waals surface area contributed by atoms with Crippen molar-refractivity contribution in [3.63, 3.8) is 0 Å². The highest BCUT2D eigenvalue weighted by molar-refractivity contribution is 5.77. The Bertz CT molecular complexity index is 1280. The van der Waals surface area contributed by atoms with E-state index in [1.807, 2.05) is 31.2 Å². The third kappa shape index (κ3) is 3.83. The zero-order chi connectivity index (χ0) is 21.1. The van der Waals surface area contributed by atoms with E-state index in [1.165, 1.54) is 24.3 Å². The van der Waals surface area contributed by atoms with Crippen LogP contribution < -0.4 is 15.6 Å². The average Bonchev–Trinajstić information content (AvgIpc) is 2.75. The van der Waals surface area contributed by atoms with Crippen molar-refractivity contribution in [3.05, 3.63) is 93.3 Å². The highest BCUT2D eigenvalue weighted by Gasteiger charge is 2.11. The molecule has 0 saturated carbocycles. The van der Waals surface area contributed by atoms with E-state index in [1.54, 1.807) is 28.8 Å². The molecule has 8 nitrogen and oxygen atoms in total. The summed E-state index contributed by atoms with van der Waals surface area (Å²) in [5.41, 5.74) is 1.92. The molecule has 0 fully saturated rings. The standard InChI is InChI=1S/C22H18N4O4/c1-2-25-20-9-4-3-8-19(20)24-21(22(25)27)23-15-6-5-7-18(14-15)30-17-12-10-16(11-13-17)26(28)29/h3-14H,2H2,1H3,(H,23,24). The first-order chi connectivity index (χ1) is 14.5. The van der Waals surface area contributed by atoms with Crippen molar-refractivity contribution in [2.24, 2.45) is 0 Å². The van der Waals surface area contributed by atoms with Gasteiger partial charge in [0, 0.05) is 30.4 Å². The SMILES string of the molecule is CCn1c(=O)c(Nc2cccc(Oc3ccc([N+](=O)[O-])cc3)c2)nc2ccccc21. The predicted octanol–water partition coefficient (Wildman–Crippen LogP) is 4.86. The van der Waals surface area contributed by atoms with Crippen molar-refractivity contribution in [2.75, 3.05) is 5.32 Å². The second kappa shape index (κ2) is 8.04. The molecule has 1 heterocycles. The largest absolute Gasteiger partial charge is 0.457 e. The molecule has 0 unspecified atom stereocenters.